The molecule has 4 aromatic rings. The first-order valence-corrected chi connectivity index (χ1v) is 13.3. The molecule has 11 heteroatoms. The number of hydrogen-bond donors (Lipinski definition) is 0. The third-order valence-corrected chi connectivity index (χ3v) is 7.62. The number of piperidine rings is 1. The smallest absolute Gasteiger partial charge is 0.225 e. The highest BCUT2D eigenvalue weighted by Crippen LogP contribution is 2.30. The molecule has 1 fully saturated rings. The van der Waals surface area contributed by atoms with E-state index in [1.807, 2.05) is 0 Å². The lowest BCUT2D eigenvalue weighted by Crippen LogP contribution is -2.34. The standard InChI is InChI=1S/C24H22ClF2N5O2S/c1-35(33,34)19-8-16-4-7-32(23(16)21(27)10-19)14-22-20(26)9-17(11-28-22)15-2-5-31(6-3-15)24-29-12-18(25)13-30-24/h4,7-13,15H,2-3,5-6,14H2,1H3. The lowest BCUT2D eigenvalue weighted by Gasteiger charge is -2.32. The van der Waals surface area contributed by atoms with Crippen LogP contribution in [0.3, 0.4) is 0 Å². The van der Waals surface area contributed by atoms with Crippen molar-refractivity contribution in [2.24, 2.45) is 0 Å². The first kappa shape index (κ1) is 23.6. The Morgan fingerprint density at radius 3 is 2.40 bits per heavy atom. The molecule has 4 heterocycles. The lowest BCUT2D eigenvalue weighted by molar-refractivity contribution is 0.493. The van der Waals surface area contributed by atoms with Gasteiger partial charge < -0.3 is 9.47 Å². The quantitative estimate of drug-likeness (QED) is 0.385. The number of aromatic nitrogens is 4. The van der Waals surface area contributed by atoms with E-state index in [-0.39, 0.29) is 28.6 Å². The third kappa shape index (κ3) is 4.85. The summed E-state index contributed by atoms with van der Waals surface area (Å²) in [5.41, 5.74) is 1.22. The SMILES string of the molecule is CS(=O)(=O)c1cc(F)c2c(ccn2Cc2ncc(C3CCN(c4ncc(Cl)cn4)CC3)cc2F)c1. The fraction of sp³-hybridized carbons (Fsp3) is 0.292. The number of halogens is 3. The molecule has 1 aromatic carbocycles. The summed E-state index contributed by atoms with van der Waals surface area (Å²) in [6, 6.07) is 5.52. The van der Waals surface area contributed by atoms with Gasteiger partial charge in [-0.25, -0.2) is 27.2 Å². The Bertz CT molecular complexity index is 1500. The summed E-state index contributed by atoms with van der Waals surface area (Å²) in [5, 5.41) is 0.915. The van der Waals surface area contributed by atoms with E-state index in [0.717, 1.165) is 43.8 Å². The van der Waals surface area contributed by atoms with E-state index in [1.165, 1.54) is 16.7 Å². The average Bonchev–Trinajstić information content (AvgIpc) is 3.24. The van der Waals surface area contributed by atoms with Crippen LogP contribution in [0.5, 0.6) is 0 Å². The van der Waals surface area contributed by atoms with Crippen LogP contribution < -0.4 is 4.90 Å². The van der Waals surface area contributed by atoms with Gasteiger partial charge in [-0.2, -0.15) is 0 Å². The van der Waals surface area contributed by atoms with Crippen LogP contribution in [-0.4, -0.2) is 47.3 Å². The molecule has 0 N–H and O–H groups in total. The van der Waals surface area contributed by atoms with Crippen LogP contribution >= 0.6 is 11.6 Å². The number of nitrogens with zero attached hydrogens (tertiary/aromatic N) is 5. The highest BCUT2D eigenvalue weighted by Gasteiger charge is 2.24. The summed E-state index contributed by atoms with van der Waals surface area (Å²) in [4.78, 5) is 14.8. The zero-order chi connectivity index (χ0) is 24.7. The molecule has 0 radical (unpaired) electrons. The Labute approximate surface area is 206 Å². The molecule has 0 atom stereocenters. The molecular weight excluding hydrogens is 496 g/mol. The molecule has 1 aliphatic rings. The van der Waals surface area contributed by atoms with E-state index in [2.05, 4.69) is 19.9 Å². The number of rotatable bonds is 5. The largest absolute Gasteiger partial charge is 0.341 e. The predicted octanol–water partition coefficient (Wildman–Crippen LogP) is 4.59. The van der Waals surface area contributed by atoms with Crippen molar-refractivity contribution in [1.29, 1.82) is 0 Å². The van der Waals surface area contributed by atoms with Crippen molar-refractivity contribution in [3.05, 3.63) is 77.0 Å². The van der Waals surface area contributed by atoms with Gasteiger partial charge in [-0.1, -0.05) is 11.6 Å². The van der Waals surface area contributed by atoms with Gasteiger partial charge >= 0.3 is 0 Å². The zero-order valence-electron chi connectivity index (χ0n) is 18.8. The molecule has 1 saturated heterocycles. The number of sulfone groups is 1. The van der Waals surface area contributed by atoms with Gasteiger partial charge in [0.2, 0.25) is 5.95 Å². The van der Waals surface area contributed by atoms with Gasteiger partial charge in [0.05, 0.1) is 40.1 Å². The van der Waals surface area contributed by atoms with Crippen LogP contribution in [0.2, 0.25) is 5.02 Å². The van der Waals surface area contributed by atoms with Gasteiger partial charge in [0.1, 0.15) is 11.6 Å². The second kappa shape index (κ2) is 9.16. The maximum atomic E-state index is 15.0. The van der Waals surface area contributed by atoms with Crippen LogP contribution in [0.25, 0.3) is 10.9 Å². The summed E-state index contributed by atoms with van der Waals surface area (Å²) in [7, 11) is -3.55. The number of fused-ring (bicyclic) bond motifs is 1. The van der Waals surface area contributed by atoms with E-state index in [1.54, 1.807) is 30.9 Å². The van der Waals surface area contributed by atoms with Crippen LogP contribution in [-0.2, 0) is 16.4 Å². The third-order valence-electron chi connectivity index (χ3n) is 6.33. The number of hydrogen-bond acceptors (Lipinski definition) is 6. The molecule has 0 amide bonds. The maximum Gasteiger partial charge on any atom is 0.225 e. The van der Waals surface area contributed by atoms with Gasteiger partial charge in [0.25, 0.3) is 0 Å². The minimum Gasteiger partial charge on any atom is -0.341 e. The molecule has 5 rings (SSSR count). The normalized spacial score (nSPS) is 15.1. The van der Waals surface area contributed by atoms with Crippen molar-refractivity contribution < 1.29 is 17.2 Å². The van der Waals surface area contributed by atoms with Crippen molar-refractivity contribution in [1.82, 2.24) is 19.5 Å². The van der Waals surface area contributed by atoms with Crippen molar-refractivity contribution >= 4 is 38.3 Å². The Balaban J connectivity index is 1.31. The average molecular weight is 518 g/mol. The van der Waals surface area contributed by atoms with Crippen LogP contribution in [0.1, 0.15) is 30.0 Å². The summed E-state index contributed by atoms with van der Waals surface area (Å²) in [6.07, 6.45) is 9.06. The molecule has 35 heavy (non-hydrogen) atoms. The maximum absolute atomic E-state index is 15.0. The second-order valence-corrected chi connectivity index (χ2v) is 11.2. The molecule has 1 aliphatic heterocycles. The zero-order valence-corrected chi connectivity index (χ0v) is 20.4. The molecule has 0 spiro atoms. The lowest BCUT2D eigenvalue weighted by atomic mass is 9.90. The highest BCUT2D eigenvalue weighted by atomic mass is 35.5. The summed E-state index contributed by atoms with van der Waals surface area (Å²) < 4.78 is 54.9. The Morgan fingerprint density at radius 1 is 1.03 bits per heavy atom. The van der Waals surface area contributed by atoms with E-state index < -0.39 is 21.5 Å². The topological polar surface area (TPSA) is 81.0 Å². The first-order valence-electron chi connectivity index (χ1n) is 11.0. The first-order chi connectivity index (χ1) is 16.7. The summed E-state index contributed by atoms with van der Waals surface area (Å²) in [5.74, 6) is -0.349. The number of benzene rings is 1. The van der Waals surface area contributed by atoms with Gasteiger partial charge in [-0.3, -0.25) is 4.98 Å². The number of pyridine rings is 1. The summed E-state index contributed by atoms with van der Waals surface area (Å²) in [6.45, 7) is 1.50. The minimum absolute atomic E-state index is 0.0249. The van der Waals surface area contributed by atoms with Crippen molar-refractivity contribution in [2.75, 3.05) is 24.2 Å². The van der Waals surface area contributed by atoms with Crippen LogP contribution in [0.15, 0.2) is 53.9 Å². The fourth-order valence-corrected chi connectivity index (χ4v) is 5.23. The van der Waals surface area contributed by atoms with Gasteiger partial charge in [0, 0.05) is 37.1 Å². The molecule has 0 unspecified atom stereocenters. The van der Waals surface area contributed by atoms with E-state index in [4.69, 9.17) is 11.6 Å². The Hall–Kier alpha value is -3.11. The van der Waals surface area contributed by atoms with Crippen molar-refractivity contribution in [2.45, 2.75) is 30.2 Å². The molecule has 0 saturated carbocycles. The molecule has 0 bridgehead atoms. The molecule has 0 aliphatic carbocycles. The van der Waals surface area contributed by atoms with E-state index in [0.29, 0.717) is 16.4 Å². The highest BCUT2D eigenvalue weighted by molar-refractivity contribution is 7.90. The monoisotopic (exact) mass is 517 g/mol. The Morgan fingerprint density at radius 2 is 1.74 bits per heavy atom. The van der Waals surface area contributed by atoms with Crippen LogP contribution in [0, 0.1) is 11.6 Å². The van der Waals surface area contributed by atoms with Gasteiger partial charge in [-0.15, -0.1) is 0 Å². The van der Waals surface area contributed by atoms with Crippen molar-refractivity contribution in [3.63, 3.8) is 0 Å². The van der Waals surface area contributed by atoms with E-state index in [9.17, 15) is 12.8 Å². The van der Waals surface area contributed by atoms with Crippen molar-refractivity contribution in [3.8, 4) is 0 Å². The predicted molar refractivity (Wildman–Crippen MR) is 130 cm³/mol. The van der Waals surface area contributed by atoms with Gasteiger partial charge in [-0.05, 0) is 48.6 Å². The molecule has 7 nitrogen and oxygen atoms in total. The fourth-order valence-electron chi connectivity index (χ4n) is 4.48. The Kier molecular flexibility index (Phi) is 6.18. The molecule has 182 valence electrons. The minimum atomic E-state index is -3.55. The second-order valence-electron chi connectivity index (χ2n) is 8.72. The molecule has 3 aromatic heterocycles. The van der Waals surface area contributed by atoms with Gasteiger partial charge in [0.15, 0.2) is 9.84 Å². The number of anilines is 1. The van der Waals surface area contributed by atoms with Crippen LogP contribution in [0.4, 0.5) is 14.7 Å². The van der Waals surface area contributed by atoms with E-state index >= 15 is 4.39 Å². The molecular formula is C24H22ClF2N5O2S. The summed E-state index contributed by atoms with van der Waals surface area (Å²) >= 11 is 5.86.